The lowest BCUT2D eigenvalue weighted by Crippen LogP contribution is -2.11. The summed E-state index contributed by atoms with van der Waals surface area (Å²) in [6.07, 6.45) is -5.41. The molecule has 0 heterocycles. The van der Waals surface area contributed by atoms with Crippen LogP contribution in [-0.4, -0.2) is 4.92 Å². The highest BCUT2D eigenvalue weighted by molar-refractivity contribution is 6.30. The molecule has 0 aliphatic carbocycles. The Bertz CT molecular complexity index is 508. The van der Waals surface area contributed by atoms with Gasteiger partial charge in [0.15, 0.2) is 0 Å². The van der Waals surface area contributed by atoms with E-state index in [0.29, 0.717) is 6.07 Å². The van der Waals surface area contributed by atoms with Crippen LogP contribution in [0.25, 0.3) is 0 Å². The molecule has 0 aromatic heterocycles. The molecule has 0 amide bonds. The minimum absolute atomic E-state index is 0.298. The van der Waals surface area contributed by atoms with Crippen LogP contribution in [0.15, 0.2) is 12.1 Å². The molecule has 0 aliphatic rings. The Labute approximate surface area is 98.4 Å². The molecule has 0 atom stereocenters. The maximum atomic E-state index is 12.6. The van der Waals surface area contributed by atoms with Crippen LogP contribution in [0.5, 0.6) is 0 Å². The molecule has 4 nitrogen and oxygen atoms in total. The van der Waals surface area contributed by atoms with E-state index in [1.54, 1.807) is 6.07 Å². The first kappa shape index (κ1) is 13.3. The van der Waals surface area contributed by atoms with Gasteiger partial charge in [-0.05, 0) is 12.1 Å². The van der Waals surface area contributed by atoms with Gasteiger partial charge in [0.25, 0.3) is 5.69 Å². The number of alkyl halides is 3. The second-order valence-corrected chi connectivity index (χ2v) is 3.49. The highest BCUT2D eigenvalue weighted by Crippen LogP contribution is 2.39. The quantitative estimate of drug-likeness (QED) is 0.608. The van der Waals surface area contributed by atoms with Crippen molar-refractivity contribution in [3.05, 3.63) is 38.4 Å². The van der Waals surface area contributed by atoms with Gasteiger partial charge in [-0.25, -0.2) is 0 Å². The summed E-state index contributed by atoms with van der Waals surface area (Å²) in [4.78, 5) is 9.47. The molecule has 0 aliphatic heterocycles. The summed E-state index contributed by atoms with van der Waals surface area (Å²) in [5.74, 6) is 0. The van der Waals surface area contributed by atoms with Gasteiger partial charge in [0.2, 0.25) is 0 Å². The lowest BCUT2D eigenvalue weighted by molar-refractivity contribution is -0.388. The second-order valence-electron chi connectivity index (χ2n) is 3.05. The number of rotatable bonds is 2. The van der Waals surface area contributed by atoms with Crippen LogP contribution < -0.4 is 0 Å². The van der Waals surface area contributed by atoms with E-state index in [0.717, 1.165) is 6.07 Å². The molecule has 0 N–H and O–H groups in total. The molecule has 1 rings (SSSR count). The Hall–Kier alpha value is -1.81. The SMILES string of the molecule is N#CCc1cc(Cl)cc(C(F)(F)F)c1[N+](=O)[O-]. The number of nitrogens with zero attached hydrogens (tertiary/aromatic N) is 2. The van der Waals surface area contributed by atoms with Gasteiger partial charge in [-0.1, -0.05) is 11.6 Å². The number of nitro groups is 1. The first-order valence-corrected chi connectivity index (χ1v) is 4.56. The molecule has 0 saturated carbocycles. The lowest BCUT2D eigenvalue weighted by atomic mass is 10.0. The molecular formula is C9H4ClF3N2O2. The highest BCUT2D eigenvalue weighted by Gasteiger charge is 2.40. The maximum Gasteiger partial charge on any atom is 0.423 e. The first-order chi connectivity index (χ1) is 7.77. The van der Waals surface area contributed by atoms with Crippen LogP contribution in [0, 0.1) is 21.4 Å². The predicted octanol–water partition coefficient (Wildman–Crippen LogP) is 3.33. The summed E-state index contributed by atoms with van der Waals surface area (Å²) in [5.41, 5.74) is -2.92. The fourth-order valence-electron chi connectivity index (χ4n) is 1.31. The molecule has 1 aromatic carbocycles. The van der Waals surface area contributed by atoms with Gasteiger partial charge in [-0.3, -0.25) is 10.1 Å². The Balaban J connectivity index is 3.59. The molecule has 90 valence electrons. The van der Waals surface area contributed by atoms with Crippen molar-refractivity contribution >= 4 is 17.3 Å². The minimum atomic E-state index is -4.89. The minimum Gasteiger partial charge on any atom is -0.258 e. The summed E-state index contributed by atoms with van der Waals surface area (Å²) in [7, 11) is 0. The van der Waals surface area contributed by atoms with E-state index in [1.807, 2.05) is 0 Å². The van der Waals surface area contributed by atoms with Gasteiger partial charge in [0.05, 0.1) is 17.4 Å². The third-order valence-corrected chi connectivity index (χ3v) is 2.13. The van der Waals surface area contributed by atoms with Crippen molar-refractivity contribution in [1.29, 1.82) is 5.26 Å². The fraction of sp³-hybridized carbons (Fsp3) is 0.222. The zero-order valence-corrected chi connectivity index (χ0v) is 8.84. The zero-order chi connectivity index (χ0) is 13.2. The van der Waals surface area contributed by atoms with Crippen LogP contribution in [-0.2, 0) is 12.6 Å². The topological polar surface area (TPSA) is 66.9 Å². The molecule has 0 fully saturated rings. The zero-order valence-electron chi connectivity index (χ0n) is 8.08. The molecule has 17 heavy (non-hydrogen) atoms. The van der Waals surface area contributed by atoms with E-state index >= 15 is 0 Å². The number of hydrogen-bond donors (Lipinski definition) is 0. The smallest absolute Gasteiger partial charge is 0.258 e. The largest absolute Gasteiger partial charge is 0.423 e. The fourth-order valence-corrected chi connectivity index (χ4v) is 1.55. The van der Waals surface area contributed by atoms with Gasteiger partial charge in [0.1, 0.15) is 5.56 Å². The van der Waals surface area contributed by atoms with Crippen molar-refractivity contribution in [2.24, 2.45) is 0 Å². The maximum absolute atomic E-state index is 12.6. The molecular weight excluding hydrogens is 261 g/mol. The number of halogens is 4. The monoisotopic (exact) mass is 264 g/mol. The molecule has 1 aromatic rings. The van der Waals surface area contributed by atoms with Crippen LogP contribution in [0.2, 0.25) is 5.02 Å². The number of nitro benzene ring substituents is 1. The van der Waals surface area contributed by atoms with Crippen molar-refractivity contribution in [2.75, 3.05) is 0 Å². The van der Waals surface area contributed by atoms with Crippen molar-refractivity contribution in [1.82, 2.24) is 0 Å². The van der Waals surface area contributed by atoms with Gasteiger partial charge < -0.3 is 0 Å². The van der Waals surface area contributed by atoms with E-state index in [9.17, 15) is 23.3 Å². The van der Waals surface area contributed by atoms with Crippen molar-refractivity contribution in [3.63, 3.8) is 0 Å². The van der Waals surface area contributed by atoms with Crippen LogP contribution in [0.3, 0.4) is 0 Å². The molecule has 0 unspecified atom stereocenters. The van der Waals surface area contributed by atoms with Gasteiger partial charge in [-0.2, -0.15) is 18.4 Å². The third-order valence-electron chi connectivity index (χ3n) is 1.91. The summed E-state index contributed by atoms with van der Waals surface area (Å²) in [6, 6.07) is 3.01. The summed E-state index contributed by atoms with van der Waals surface area (Å²) < 4.78 is 37.7. The Morgan fingerprint density at radius 3 is 2.47 bits per heavy atom. The lowest BCUT2D eigenvalue weighted by Gasteiger charge is -2.10. The highest BCUT2D eigenvalue weighted by atomic mass is 35.5. The van der Waals surface area contributed by atoms with E-state index < -0.39 is 28.8 Å². The Morgan fingerprint density at radius 2 is 2.06 bits per heavy atom. The second kappa shape index (κ2) is 4.59. The van der Waals surface area contributed by atoms with Gasteiger partial charge in [-0.15, -0.1) is 0 Å². The standard InChI is InChI=1S/C9H4ClF3N2O2/c10-6-3-5(1-2-14)8(15(16)17)7(4-6)9(11,12)13/h3-4H,1H2. The molecule has 0 saturated heterocycles. The summed E-state index contributed by atoms with van der Waals surface area (Å²) in [6.45, 7) is 0. The normalized spacial score (nSPS) is 11.0. The summed E-state index contributed by atoms with van der Waals surface area (Å²) >= 11 is 5.44. The van der Waals surface area contributed by atoms with Crippen molar-refractivity contribution < 1.29 is 18.1 Å². The van der Waals surface area contributed by atoms with Crippen LogP contribution in [0.4, 0.5) is 18.9 Å². The van der Waals surface area contributed by atoms with Gasteiger partial charge >= 0.3 is 6.18 Å². The Morgan fingerprint density at radius 1 is 1.47 bits per heavy atom. The van der Waals surface area contributed by atoms with Crippen LogP contribution in [0.1, 0.15) is 11.1 Å². The third kappa shape index (κ3) is 2.85. The number of hydrogen-bond acceptors (Lipinski definition) is 3. The van der Waals surface area contributed by atoms with Gasteiger partial charge in [0, 0.05) is 10.6 Å². The van der Waals surface area contributed by atoms with E-state index in [-0.39, 0.29) is 10.6 Å². The van der Waals surface area contributed by atoms with E-state index in [1.165, 1.54) is 0 Å². The molecule has 0 radical (unpaired) electrons. The molecule has 8 heteroatoms. The van der Waals surface area contributed by atoms with Crippen LogP contribution >= 0.6 is 11.6 Å². The average molecular weight is 265 g/mol. The number of benzene rings is 1. The Kier molecular flexibility index (Phi) is 3.58. The molecule has 0 bridgehead atoms. The summed E-state index contributed by atoms with van der Waals surface area (Å²) in [5, 5.41) is 18.7. The van der Waals surface area contributed by atoms with Crippen molar-refractivity contribution in [2.45, 2.75) is 12.6 Å². The molecule has 0 spiro atoms. The van der Waals surface area contributed by atoms with E-state index in [4.69, 9.17) is 16.9 Å². The number of nitriles is 1. The van der Waals surface area contributed by atoms with Crippen molar-refractivity contribution in [3.8, 4) is 6.07 Å². The predicted molar refractivity (Wildman–Crippen MR) is 52.4 cm³/mol. The first-order valence-electron chi connectivity index (χ1n) is 4.18. The van der Waals surface area contributed by atoms with E-state index in [2.05, 4.69) is 0 Å². The average Bonchev–Trinajstić information content (AvgIpc) is 2.15.